The van der Waals surface area contributed by atoms with Gasteiger partial charge in [-0.25, -0.2) is 9.97 Å². The fraction of sp³-hybridized carbons (Fsp3) is 0.0588. The molecule has 0 aliphatic rings. The second kappa shape index (κ2) is 4.57. The SMILES string of the molecule is Cc1cc(-c2ccc(Cl)cc2)n2c(n1)nc1ccccc12. The topological polar surface area (TPSA) is 30.2 Å². The first-order valence-corrected chi connectivity index (χ1v) is 7.11. The molecule has 4 heteroatoms. The largest absolute Gasteiger partial charge is 0.276 e. The van der Waals surface area contributed by atoms with Crippen LogP contribution >= 0.6 is 11.6 Å². The van der Waals surface area contributed by atoms with Crippen LogP contribution in [0.15, 0.2) is 54.6 Å². The Morgan fingerprint density at radius 2 is 1.71 bits per heavy atom. The second-order valence-corrected chi connectivity index (χ2v) is 5.46. The summed E-state index contributed by atoms with van der Waals surface area (Å²) in [5.74, 6) is 0.723. The first-order chi connectivity index (χ1) is 10.2. The summed E-state index contributed by atoms with van der Waals surface area (Å²) in [4.78, 5) is 9.15. The first kappa shape index (κ1) is 12.4. The maximum atomic E-state index is 5.99. The molecule has 0 atom stereocenters. The summed E-state index contributed by atoms with van der Waals surface area (Å²) in [6.45, 7) is 1.98. The van der Waals surface area contributed by atoms with Gasteiger partial charge in [-0.1, -0.05) is 35.9 Å². The average Bonchev–Trinajstić information content (AvgIpc) is 2.85. The van der Waals surface area contributed by atoms with Crippen molar-refractivity contribution in [2.75, 3.05) is 0 Å². The smallest absolute Gasteiger partial charge is 0.235 e. The van der Waals surface area contributed by atoms with Crippen LogP contribution in [-0.2, 0) is 0 Å². The van der Waals surface area contributed by atoms with E-state index in [2.05, 4.69) is 26.5 Å². The van der Waals surface area contributed by atoms with Gasteiger partial charge in [-0.15, -0.1) is 0 Å². The lowest BCUT2D eigenvalue weighted by Gasteiger charge is -2.08. The van der Waals surface area contributed by atoms with E-state index in [-0.39, 0.29) is 0 Å². The molecule has 2 heterocycles. The lowest BCUT2D eigenvalue weighted by Crippen LogP contribution is -1.96. The molecule has 102 valence electrons. The minimum atomic E-state index is 0.723. The van der Waals surface area contributed by atoms with Crippen LogP contribution in [0.1, 0.15) is 5.69 Å². The highest BCUT2D eigenvalue weighted by molar-refractivity contribution is 6.30. The zero-order valence-corrected chi connectivity index (χ0v) is 12.2. The van der Waals surface area contributed by atoms with Crippen molar-refractivity contribution in [3.05, 3.63) is 65.3 Å². The highest BCUT2D eigenvalue weighted by Gasteiger charge is 2.11. The molecule has 0 aliphatic carbocycles. The van der Waals surface area contributed by atoms with Crippen molar-refractivity contribution in [1.82, 2.24) is 14.4 Å². The zero-order chi connectivity index (χ0) is 14.4. The van der Waals surface area contributed by atoms with Crippen LogP contribution in [0.2, 0.25) is 5.02 Å². The molecule has 2 aromatic carbocycles. The molecule has 0 amide bonds. The van der Waals surface area contributed by atoms with E-state index < -0.39 is 0 Å². The number of imidazole rings is 1. The van der Waals surface area contributed by atoms with E-state index in [9.17, 15) is 0 Å². The van der Waals surface area contributed by atoms with Crippen LogP contribution < -0.4 is 0 Å². The molecule has 0 aliphatic heterocycles. The Bertz CT molecular complexity index is 955. The van der Waals surface area contributed by atoms with Gasteiger partial charge in [-0.2, -0.15) is 0 Å². The first-order valence-electron chi connectivity index (χ1n) is 6.73. The van der Waals surface area contributed by atoms with Crippen molar-refractivity contribution >= 4 is 28.4 Å². The normalized spacial score (nSPS) is 11.3. The van der Waals surface area contributed by atoms with Gasteiger partial charge in [0.1, 0.15) is 0 Å². The van der Waals surface area contributed by atoms with Gasteiger partial charge >= 0.3 is 0 Å². The summed E-state index contributed by atoms with van der Waals surface area (Å²) in [5.41, 5.74) is 5.12. The Kier molecular flexibility index (Phi) is 2.69. The molecule has 21 heavy (non-hydrogen) atoms. The lowest BCUT2D eigenvalue weighted by molar-refractivity contribution is 1.09. The van der Waals surface area contributed by atoms with Gasteiger partial charge < -0.3 is 0 Å². The molecule has 0 spiro atoms. The number of hydrogen-bond acceptors (Lipinski definition) is 2. The highest BCUT2D eigenvalue weighted by atomic mass is 35.5. The summed E-state index contributed by atoms with van der Waals surface area (Å²) in [6.07, 6.45) is 0. The van der Waals surface area contributed by atoms with Gasteiger partial charge in [0.25, 0.3) is 0 Å². The number of rotatable bonds is 1. The van der Waals surface area contributed by atoms with Crippen molar-refractivity contribution in [1.29, 1.82) is 0 Å². The number of aryl methyl sites for hydroxylation is 1. The van der Waals surface area contributed by atoms with Crippen molar-refractivity contribution in [3.63, 3.8) is 0 Å². The Balaban J connectivity index is 2.13. The van der Waals surface area contributed by atoms with E-state index in [1.165, 1.54) is 0 Å². The highest BCUT2D eigenvalue weighted by Crippen LogP contribution is 2.26. The van der Waals surface area contributed by atoms with Crippen LogP contribution in [0.5, 0.6) is 0 Å². The van der Waals surface area contributed by atoms with Crippen LogP contribution in [0, 0.1) is 6.92 Å². The van der Waals surface area contributed by atoms with Crippen LogP contribution in [-0.4, -0.2) is 14.4 Å². The van der Waals surface area contributed by atoms with Crippen molar-refractivity contribution in [2.24, 2.45) is 0 Å². The maximum Gasteiger partial charge on any atom is 0.235 e. The number of para-hydroxylation sites is 2. The molecule has 4 rings (SSSR count). The number of benzene rings is 2. The second-order valence-electron chi connectivity index (χ2n) is 5.03. The van der Waals surface area contributed by atoms with Gasteiger partial charge in [0.15, 0.2) is 0 Å². The van der Waals surface area contributed by atoms with E-state index in [4.69, 9.17) is 11.6 Å². The van der Waals surface area contributed by atoms with E-state index in [0.717, 1.165) is 38.8 Å². The summed E-state index contributed by atoms with van der Waals surface area (Å²) in [5, 5.41) is 0.733. The van der Waals surface area contributed by atoms with Gasteiger partial charge in [-0.05, 0) is 42.8 Å². The fourth-order valence-corrected chi connectivity index (χ4v) is 2.74. The van der Waals surface area contributed by atoms with E-state index in [0.29, 0.717) is 0 Å². The molecule has 0 radical (unpaired) electrons. The molecule has 4 aromatic rings. The minimum absolute atomic E-state index is 0.723. The van der Waals surface area contributed by atoms with Crippen LogP contribution in [0.3, 0.4) is 0 Å². The minimum Gasteiger partial charge on any atom is -0.276 e. The van der Waals surface area contributed by atoms with Crippen LogP contribution in [0.4, 0.5) is 0 Å². The molecule has 0 fully saturated rings. The van der Waals surface area contributed by atoms with Gasteiger partial charge in [0.2, 0.25) is 5.78 Å². The molecule has 3 nitrogen and oxygen atoms in total. The maximum absolute atomic E-state index is 5.99. The number of nitrogens with zero attached hydrogens (tertiary/aromatic N) is 3. The molecular weight excluding hydrogens is 282 g/mol. The number of hydrogen-bond donors (Lipinski definition) is 0. The standard InChI is InChI=1S/C17H12ClN3/c1-11-10-16(12-6-8-13(18)9-7-12)21-15-5-3-2-4-14(15)20-17(21)19-11/h2-10H,1H3. The van der Waals surface area contributed by atoms with Gasteiger partial charge in [0.05, 0.1) is 16.7 Å². The monoisotopic (exact) mass is 293 g/mol. The Hall–Kier alpha value is -2.39. The van der Waals surface area contributed by atoms with Crippen molar-refractivity contribution < 1.29 is 0 Å². The molecule has 0 N–H and O–H groups in total. The van der Waals surface area contributed by atoms with Crippen LogP contribution in [0.25, 0.3) is 28.1 Å². The molecule has 0 bridgehead atoms. The van der Waals surface area contributed by atoms with Crippen molar-refractivity contribution in [2.45, 2.75) is 6.92 Å². The van der Waals surface area contributed by atoms with E-state index in [1.807, 2.05) is 49.4 Å². The Labute approximate surface area is 126 Å². The summed E-state index contributed by atoms with van der Waals surface area (Å²) in [7, 11) is 0. The summed E-state index contributed by atoms with van der Waals surface area (Å²) >= 11 is 5.99. The van der Waals surface area contributed by atoms with Crippen molar-refractivity contribution in [3.8, 4) is 11.3 Å². The quantitative estimate of drug-likeness (QED) is 0.517. The fourth-order valence-electron chi connectivity index (χ4n) is 2.61. The third-order valence-corrected chi connectivity index (χ3v) is 3.80. The molecule has 0 unspecified atom stereocenters. The van der Waals surface area contributed by atoms with Gasteiger partial charge in [0, 0.05) is 10.7 Å². The third kappa shape index (κ3) is 1.98. The number of aromatic nitrogens is 3. The molecular formula is C17H12ClN3. The molecule has 0 saturated carbocycles. The third-order valence-electron chi connectivity index (χ3n) is 3.55. The molecule has 0 saturated heterocycles. The summed E-state index contributed by atoms with van der Waals surface area (Å²) < 4.78 is 2.09. The average molecular weight is 294 g/mol. The number of fused-ring (bicyclic) bond motifs is 3. The van der Waals surface area contributed by atoms with E-state index in [1.54, 1.807) is 0 Å². The number of halogens is 1. The van der Waals surface area contributed by atoms with Gasteiger partial charge in [-0.3, -0.25) is 4.40 Å². The van der Waals surface area contributed by atoms with E-state index >= 15 is 0 Å². The molecule has 2 aromatic heterocycles. The predicted octanol–water partition coefficient (Wildman–Crippen LogP) is 4.51. The summed E-state index contributed by atoms with van der Waals surface area (Å²) in [6, 6.07) is 18.0. The predicted molar refractivity (Wildman–Crippen MR) is 85.7 cm³/mol. The zero-order valence-electron chi connectivity index (χ0n) is 11.4. The lowest BCUT2D eigenvalue weighted by atomic mass is 10.1. The Morgan fingerprint density at radius 3 is 2.52 bits per heavy atom. The Morgan fingerprint density at radius 1 is 0.952 bits per heavy atom.